The molecule has 168 valence electrons. The molecule has 0 saturated heterocycles. The normalized spacial score (nSPS) is 12.2. The summed E-state index contributed by atoms with van der Waals surface area (Å²) in [5.41, 5.74) is 3.49. The number of nitrogens with one attached hydrogen (secondary N) is 1. The van der Waals surface area contributed by atoms with Crippen LogP contribution in [0.4, 0.5) is 5.69 Å². The summed E-state index contributed by atoms with van der Waals surface area (Å²) in [6, 6.07) is 23.9. The second-order valence-corrected chi connectivity index (χ2v) is 9.79. The summed E-state index contributed by atoms with van der Waals surface area (Å²) >= 11 is 0. The van der Waals surface area contributed by atoms with Gasteiger partial charge in [0.05, 0.1) is 10.6 Å². The number of carbonyl (C=O) groups is 1. The van der Waals surface area contributed by atoms with Gasteiger partial charge in [0.1, 0.15) is 6.54 Å². The molecular weight excluding hydrogens is 420 g/mol. The van der Waals surface area contributed by atoms with E-state index in [2.05, 4.69) is 5.32 Å². The lowest BCUT2D eigenvalue weighted by Gasteiger charge is -2.26. The van der Waals surface area contributed by atoms with Crippen LogP contribution in [-0.2, 0) is 21.2 Å². The zero-order valence-electron chi connectivity index (χ0n) is 18.8. The highest BCUT2D eigenvalue weighted by molar-refractivity contribution is 7.92. The van der Waals surface area contributed by atoms with Crippen molar-refractivity contribution in [3.63, 3.8) is 0 Å². The molecule has 0 bridgehead atoms. The van der Waals surface area contributed by atoms with Crippen molar-refractivity contribution in [2.75, 3.05) is 17.4 Å². The van der Waals surface area contributed by atoms with E-state index in [1.54, 1.807) is 36.4 Å². The summed E-state index contributed by atoms with van der Waals surface area (Å²) in [7, 11) is -3.92. The number of aryl methyl sites for hydroxylation is 2. The van der Waals surface area contributed by atoms with Crippen LogP contribution in [0, 0.1) is 6.92 Å². The van der Waals surface area contributed by atoms with Crippen LogP contribution in [0.5, 0.6) is 0 Å². The zero-order chi connectivity index (χ0) is 23.1. The predicted octanol–water partition coefficient (Wildman–Crippen LogP) is 4.67. The molecule has 0 radical (unpaired) electrons. The van der Waals surface area contributed by atoms with Crippen LogP contribution in [0.1, 0.15) is 36.5 Å². The Morgan fingerprint density at radius 3 is 2.22 bits per heavy atom. The van der Waals surface area contributed by atoms with Gasteiger partial charge in [0.2, 0.25) is 5.91 Å². The molecule has 1 N–H and O–H groups in total. The Balaban J connectivity index is 1.86. The zero-order valence-corrected chi connectivity index (χ0v) is 19.6. The fourth-order valence-corrected chi connectivity index (χ4v) is 5.00. The van der Waals surface area contributed by atoms with Gasteiger partial charge in [0.15, 0.2) is 0 Å². The average molecular weight is 451 g/mol. The Morgan fingerprint density at radius 2 is 1.56 bits per heavy atom. The van der Waals surface area contributed by atoms with Gasteiger partial charge in [-0.3, -0.25) is 9.10 Å². The third-order valence-electron chi connectivity index (χ3n) is 5.51. The first-order valence-corrected chi connectivity index (χ1v) is 12.3. The average Bonchev–Trinajstić information content (AvgIpc) is 2.81. The smallest absolute Gasteiger partial charge is 0.264 e. The van der Waals surface area contributed by atoms with Gasteiger partial charge in [-0.1, -0.05) is 80.1 Å². The van der Waals surface area contributed by atoms with Crippen LogP contribution in [0.2, 0.25) is 0 Å². The van der Waals surface area contributed by atoms with Crippen molar-refractivity contribution in [3.8, 4) is 0 Å². The first-order chi connectivity index (χ1) is 15.3. The molecule has 1 amide bonds. The number of rotatable bonds is 9. The summed E-state index contributed by atoms with van der Waals surface area (Å²) in [5, 5.41) is 2.91. The number of carbonyl (C=O) groups excluding carboxylic acids is 1. The SMILES string of the molecule is CCc1ccccc1N(CC(=O)NC[C@@H](C)c1ccccc1)S(=O)(=O)c1ccc(C)cc1. The number of para-hydroxylation sites is 1. The van der Waals surface area contributed by atoms with Crippen LogP contribution in [-0.4, -0.2) is 27.4 Å². The molecule has 0 heterocycles. The first-order valence-electron chi connectivity index (χ1n) is 10.8. The molecule has 0 aromatic heterocycles. The van der Waals surface area contributed by atoms with Gasteiger partial charge in [-0.2, -0.15) is 0 Å². The molecule has 3 rings (SSSR count). The molecule has 32 heavy (non-hydrogen) atoms. The summed E-state index contributed by atoms with van der Waals surface area (Å²) < 4.78 is 28.3. The molecule has 0 aliphatic heterocycles. The second kappa shape index (κ2) is 10.5. The highest BCUT2D eigenvalue weighted by atomic mass is 32.2. The Labute approximate surface area is 191 Å². The topological polar surface area (TPSA) is 66.5 Å². The largest absolute Gasteiger partial charge is 0.354 e. The minimum absolute atomic E-state index is 0.116. The summed E-state index contributed by atoms with van der Waals surface area (Å²) in [5.74, 6) is -0.223. The number of benzene rings is 3. The molecule has 0 aliphatic rings. The van der Waals surface area contributed by atoms with E-state index >= 15 is 0 Å². The summed E-state index contributed by atoms with van der Waals surface area (Å²) in [4.78, 5) is 13.0. The molecule has 0 aliphatic carbocycles. The minimum atomic E-state index is -3.92. The van der Waals surface area contributed by atoms with Gasteiger partial charge in [-0.15, -0.1) is 0 Å². The van der Waals surface area contributed by atoms with Gasteiger partial charge < -0.3 is 5.32 Å². The van der Waals surface area contributed by atoms with Gasteiger partial charge in [-0.25, -0.2) is 8.42 Å². The Morgan fingerprint density at radius 1 is 0.938 bits per heavy atom. The van der Waals surface area contributed by atoms with E-state index in [-0.39, 0.29) is 23.3 Å². The quantitative estimate of drug-likeness (QED) is 0.515. The lowest BCUT2D eigenvalue weighted by molar-refractivity contribution is -0.119. The van der Waals surface area contributed by atoms with Gasteiger partial charge in [0.25, 0.3) is 10.0 Å². The Kier molecular flexibility index (Phi) is 7.70. The summed E-state index contributed by atoms with van der Waals surface area (Å²) in [6.07, 6.45) is 0.656. The van der Waals surface area contributed by atoms with Crippen molar-refractivity contribution in [2.45, 2.75) is 38.0 Å². The van der Waals surface area contributed by atoms with Crippen molar-refractivity contribution in [3.05, 3.63) is 95.6 Å². The molecule has 5 nitrogen and oxygen atoms in total. The molecular formula is C26H30N2O3S. The lowest BCUT2D eigenvalue weighted by atomic mass is 10.0. The van der Waals surface area contributed by atoms with E-state index in [4.69, 9.17) is 0 Å². The molecule has 6 heteroatoms. The molecule has 1 atom stereocenters. The van der Waals surface area contributed by atoms with E-state index in [0.717, 1.165) is 16.7 Å². The van der Waals surface area contributed by atoms with Gasteiger partial charge >= 0.3 is 0 Å². The highest BCUT2D eigenvalue weighted by Gasteiger charge is 2.28. The van der Waals surface area contributed by atoms with Gasteiger partial charge in [-0.05, 0) is 48.6 Å². The molecule has 0 fully saturated rings. The number of anilines is 1. The standard InChI is InChI=1S/C26H30N2O3S/c1-4-22-10-8-9-13-25(22)28(32(30,31)24-16-14-20(2)15-17-24)19-26(29)27-18-21(3)23-11-6-5-7-12-23/h5-17,21H,4,18-19H2,1-3H3,(H,27,29)/t21-/m1/s1. The van der Waals surface area contributed by atoms with Crippen LogP contribution in [0.15, 0.2) is 83.8 Å². The van der Waals surface area contributed by atoms with Crippen LogP contribution in [0.3, 0.4) is 0 Å². The Bertz CT molecular complexity index is 1140. The minimum Gasteiger partial charge on any atom is -0.354 e. The number of amides is 1. The third-order valence-corrected chi connectivity index (χ3v) is 7.29. The van der Waals surface area contributed by atoms with Crippen molar-refractivity contribution in [1.82, 2.24) is 5.32 Å². The van der Waals surface area contributed by atoms with E-state index in [1.807, 2.05) is 63.2 Å². The fourth-order valence-electron chi connectivity index (χ4n) is 3.54. The lowest BCUT2D eigenvalue weighted by Crippen LogP contribution is -2.42. The second-order valence-electron chi connectivity index (χ2n) is 7.92. The van der Waals surface area contributed by atoms with Crippen molar-refractivity contribution in [2.24, 2.45) is 0 Å². The summed E-state index contributed by atoms with van der Waals surface area (Å²) in [6.45, 7) is 6.05. The maximum absolute atomic E-state index is 13.6. The predicted molar refractivity (Wildman–Crippen MR) is 129 cm³/mol. The molecule has 3 aromatic rings. The fraction of sp³-hybridized carbons (Fsp3) is 0.269. The number of nitrogens with zero attached hydrogens (tertiary/aromatic N) is 1. The van der Waals surface area contributed by atoms with E-state index in [1.165, 1.54) is 4.31 Å². The van der Waals surface area contributed by atoms with Gasteiger partial charge in [0, 0.05) is 6.54 Å². The van der Waals surface area contributed by atoms with Crippen molar-refractivity contribution in [1.29, 1.82) is 0 Å². The van der Waals surface area contributed by atoms with Crippen molar-refractivity contribution < 1.29 is 13.2 Å². The van der Waals surface area contributed by atoms with E-state index in [0.29, 0.717) is 18.7 Å². The highest BCUT2D eigenvalue weighted by Crippen LogP contribution is 2.27. The van der Waals surface area contributed by atoms with Crippen molar-refractivity contribution >= 4 is 21.6 Å². The monoisotopic (exact) mass is 450 g/mol. The maximum atomic E-state index is 13.6. The number of hydrogen-bond acceptors (Lipinski definition) is 3. The van der Waals surface area contributed by atoms with E-state index < -0.39 is 10.0 Å². The first kappa shape index (κ1) is 23.5. The molecule has 0 spiro atoms. The maximum Gasteiger partial charge on any atom is 0.264 e. The van der Waals surface area contributed by atoms with Crippen LogP contribution in [0.25, 0.3) is 0 Å². The van der Waals surface area contributed by atoms with E-state index in [9.17, 15) is 13.2 Å². The molecule has 3 aromatic carbocycles. The van der Waals surface area contributed by atoms with Crippen LogP contribution >= 0.6 is 0 Å². The molecule has 0 unspecified atom stereocenters. The van der Waals surface area contributed by atoms with Crippen LogP contribution < -0.4 is 9.62 Å². The number of hydrogen-bond donors (Lipinski definition) is 1. The Hall–Kier alpha value is -3.12. The third kappa shape index (κ3) is 5.56. The number of sulfonamides is 1. The molecule has 0 saturated carbocycles.